The van der Waals surface area contributed by atoms with Crippen LogP contribution in [0.2, 0.25) is 0 Å². The molecule has 0 aliphatic heterocycles. The molecule has 0 bridgehead atoms. The number of thioether (sulfide) groups is 1. The lowest BCUT2D eigenvalue weighted by Crippen LogP contribution is -2.18. The van der Waals surface area contributed by atoms with E-state index < -0.39 is 0 Å². The molecule has 0 atom stereocenters. The molecular weight excluding hydrogens is 344 g/mol. The van der Waals surface area contributed by atoms with Crippen LogP contribution in [0.5, 0.6) is 0 Å². The van der Waals surface area contributed by atoms with Crippen LogP contribution in [0.3, 0.4) is 0 Å². The summed E-state index contributed by atoms with van der Waals surface area (Å²) in [6, 6.07) is 0. The summed E-state index contributed by atoms with van der Waals surface area (Å²) < 4.78 is 0. The van der Waals surface area contributed by atoms with Gasteiger partial charge in [-0.2, -0.15) is 0 Å². The third-order valence-electron chi connectivity index (χ3n) is 4.00. The van der Waals surface area contributed by atoms with Crippen molar-refractivity contribution >= 4 is 34.1 Å². The van der Waals surface area contributed by atoms with Gasteiger partial charge in [0.1, 0.15) is 0 Å². The molecule has 0 radical (unpaired) electrons. The number of H-pyrrole nitrogens is 1. The number of aromatic amines is 1. The molecule has 8 heteroatoms. The summed E-state index contributed by atoms with van der Waals surface area (Å²) >= 11 is 2.80. The minimum Gasteiger partial charge on any atom is -0.301 e. The van der Waals surface area contributed by atoms with E-state index in [1.807, 2.05) is 6.92 Å². The normalized spacial score (nSPS) is 13.6. The zero-order chi connectivity index (χ0) is 17.1. The predicted molar refractivity (Wildman–Crippen MR) is 97.1 cm³/mol. The largest absolute Gasteiger partial charge is 0.301 e. The van der Waals surface area contributed by atoms with Crippen LogP contribution in [0.4, 0.5) is 5.13 Å². The lowest BCUT2D eigenvalue weighted by molar-refractivity contribution is -0.113. The quantitative estimate of drug-likeness (QED) is 0.629. The predicted octanol–water partition coefficient (Wildman–Crippen LogP) is 2.71. The number of thiazole rings is 1. The van der Waals surface area contributed by atoms with Gasteiger partial charge in [0, 0.05) is 10.4 Å². The number of hydrogen-bond acceptors (Lipinski definition) is 6. The number of nitrogens with zero attached hydrogens (tertiary/aromatic N) is 2. The Morgan fingerprint density at radius 2 is 2.12 bits per heavy atom. The maximum atomic E-state index is 12.1. The first-order valence-electron chi connectivity index (χ1n) is 8.08. The van der Waals surface area contributed by atoms with Crippen molar-refractivity contribution < 1.29 is 4.79 Å². The lowest BCUT2D eigenvalue weighted by atomic mass is 10.0. The minimum atomic E-state index is -0.141. The van der Waals surface area contributed by atoms with Gasteiger partial charge in [0.15, 0.2) is 10.3 Å². The highest BCUT2D eigenvalue weighted by molar-refractivity contribution is 7.99. The van der Waals surface area contributed by atoms with Gasteiger partial charge in [0.25, 0.3) is 5.56 Å². The average molecular weight is 364 g/mol. The third-order valence-corrected chi connectivity index (χ3v) is 5.94. The van der Waals surface area contributed by atoms with Gasteiger partial charge in [-0.15, -0.1) is 11.3 Å². The second-order valence-corrected chi connectivity index (χ2v) is 7.78. The van der Waals surface area contributed by atoms with Crippen LogP contribution in [-0.4, -0.2) is 26.6 Å². The van der Waals surface area contributed by atoms with Crippen LogP contribution in [0, 0.1) is 6.92 Å². The van der Waals surface area contributed by atoms with Gasteiger partial charge in [-0.25, -0.2) is 9.97 Å². The van der Waals surface area contributed by atoms with Crippen LogP contribution < -0.4 is 10.9 Å². The van der Waals surface area contributed by atoms with Crippen molar-refractivity contribution in [2.45, 2.75) is 51.1 Å². The number of nitrogens with one attached hydrogen (secondary N) is 2. The Morgan fingerprint density at radius 1 is 1.33 bits per heavy atom. The molecule has 0 saturated heterocycles. The molecule has 1 aliphatic carbocycles. The molecule has 0 spiro atoms. The maximum absolute atomic E-state index is 12.1. The third kappa shape index (κ3) is 3.87. The monoisotopic (exact) mass is 364 g/mol. The number of hydrogen-bond donors (Lipinski definition) is 2. The summed E-state index contributed by atoms with van der Waals surface area (Å²) in [6.07, 6.45) is 5.13. The number of anilines is 1. The van der Waals surface area contributed by atoms with Crippen molar-refractivity contribution in [3.05, 3.63) is 32.2 Å². The molecular formula is C16H20N4O2S2. The Balaban J connectivity index is 1.60. The second-order valence-electron chi connectivity index (χ2n) is 5.73. The number of amides is 1. The molecule has 24 heavy (non-hydrogen) atoms. The van der Waals surface area contributed by atoms with E-state index in [1.54, 1.807) is 18.3 Å². The Morgan fingerprint density at radius 3 is 2.88 bits per heavy atom. The second kappa shape index (κ2) is 7.48. The molecule has 2 aromatic heterocycles. The van der Waals surface area contributed by atoms with Crippen molar-refractivity contribution in [2.24, 2.45) is 0 Å². The summed E-state index contributed by atoms with van der Waals surface area (Å²) in [5, 5.41) is 4.01. The number of carbonyl (C=O) groups excluding carboxylic acids is 1. The van der Waals surface area contributed by atoms with Gasteiger partial charge < -0.3 is 10.3 Å². The van der Waals surface area contributed by atoms with E-state index in [2.05, 4.69) is 20.3 Å². The summed E-state index contributed by atoms with van der Waals surface area (Å²) in [5.41, 5.74) is 2.40. The standard InChI is InChI=1S/C16H20N4O2S2/c1-3-10-9(2)14(22)20-15(17-10)23-8-13(21)19-16-18-11-6-4-5-7-12(11)24-16/h3-8H2,1-2H3,(H,17,20,22)(H,18,19,21). The molecule has 0 unspecified atom stereocenters. The number of aryl methyl sites for hydroxylation is 3. The molecule has 2 N–H and O–H groups in total. The molecule has 0 fully saturated rings. The van der Waals surface area contributed by atoms with Gasteiger partial charge in [-0.3, -0.25) is 9.59 Å². The minimum absolute atomic E-state index is 0.132. The van der Waals surface area contributed by atoms with Gasteiger partial charge in [-0.1, -0.05) is 18.7 Å². The Labute approximate surface area is 148 Å². The van der Waals surface area contributed by atoms with E-state index in [1.165, 1.54) is 29.5 Å². The molecule has 2 aromatic rings. The van der Waals surface area contributed by atoms with E-state index in [9.17, 15) is 9.59 Å². The van der Waals surface area contributed by atoms with Crippen LogP contribution in [0.15, 0.2) is 9.95 Å². The fraction of sp³-hybridized carbons (Fsp3) is 0.500. The Bertz CT molecular complexity index is 789. The first-order valence-corrected chi connectivity index (χ1v) is 9.88. The van der Waals surface area contributed by atoms with Gasteiger partial charge in [0.2, 0.25) is 5.91 Å². The highest BCUT2D eigenvalue weighted by Crippen LogP contribution is 2.29. The molecule has 0 aromatic carbocycles. The van der Waals surface area contributed by atoms with E-state index >= 15 is 0 Å². The zero-order valence-electron chi connectivity index (χ0n) is 13.8. The van der Waals surface area contributed by atoms with E-state index in [0.29, 0.717) is 22.3 Å². The summed E-state index contributed by atoms with van der Waals surface area (Å²) in [6.45, 7) is 3.72. The first-order chi connectivity index (χ1) is 11.6. The Kier molecular flexibility index (Phi) is 5.35. The molecule has 1 amide bonds. The summed E-state index contributed by atoms with van der Waals surface area (Å²) in [5.74, 6) is 0.0618. The lowest BCUT2D eigenvalue weighted by Gasteiger charge is -2.06. The molecule has 0 saturated carbocycles. The first kappa shape index (κ1) is 17.2. The number of carbonyl (C=O) groups is 1. The molecule has 3 rings (SSSR count). The number of fused-ring (bicyclic) bond motifs is 1. The topological polar surface area (TPSA) is 87.7 Å². The van der Waals surface area contributed by atoms with Crippen LogP contribution in [0.1, 0.15) is 41.6 Å². The zero-order valence-corrected chi connectivity index (χ0v) is 15.4. The van der Waals surface area contributed by atoms with Gasteiger partial charge in [-0.05, 0) is 39.0 Å². The average Bonchev–Trinajstić information content (AvgIpc) is 2.97. The van der Waals surface area contributed by atoms with E-state index in [0.717, 1.165) is 24.2 Å². The fourth-order valence-corrected chi connectivity index (χ4v) is 4.41. The van der Waals surface area contributed by atoms with E-state index in [4.69, 9.17) is 0 Å². The molecule has 1 aliphatic rings. The van der Waals surface area contributed by atoms with Gasteiger partial charge >= 0.3 is 0 Å². The van der Waals surface area contributed by atoms with Crippen molar-refractivity contribution in [3.8, 4) is 0 Å². The van der Waals surface area contributed by atoms with Crippen molar-refractivity contribution in [3.63, 3.8) is 0 Å². The molecule has 2 heterocycles. The van der Waals surface area contributed by atoms with Crippen LogP contribution in [0.25, 0.3) is 0 Å². The fourth-order valence-electron chi connectivity index (χ4n) is 2.66. The molecule has 128 valence electrons. The van der Waals surface area contributed by atoms with Crippen LogP contribution in [-0.2, 0) is 24.1 Å². The maximum Gasteiger partial charge on any atom is 0.254 e. The van der Waals surface area contributed by atoms with Crippen molar-refractivity contribution in [1.82, 2.24) is 15.0 Å². The summed E-state index contributed by atoms with van der Waals surface area (Å²) in [7, 11) is 0. The highest BCUT2D eigenvalue weighted by Gasteiger charge is 2.16. The van der Waals surface area contributed by atoms with E-state index in [-0.39, 0.29) is 17.2 Å². The molecule has 6 nitrogen and oxygen atoms in total. The van der Waals surface area contributed by atoms with Crippen molar-refractivity contribution in [1.29, 1.82) is 0 Å². The smallest absolute Gasteiger partial charge is 0.254 e. The summed E-state index contributed by atoms with van der Waals surface area (Å²) in [4.78, 5) is 36.9. The van der Waals surface area contributed by atoms with Crippen LogP contribution >= 0.6 is 23.1 Å². The number of rotatable bonds is 5. The van der Waals surface area contributed by atoms with Gasteiger partial charge in [0.05, 0.1) is 17.1 Å². The highest BCUT2D eigenvalue weighted by atomic mass is 32.2. The Hall–Kier alpha value is -1.67. The van der Waals surface area contributed by atoms with Crippen molar-refractivity contribution in [2.75, 3.05) is 11.1 Å². The SMILES string of the molecule is CCc1nc(SCC(=O)Nc2nc3c(s2)CCCC3)[nH]c(=O)c1C. The number of aromatic nitrogens is 3.